The number of nitrogens with zero attached hydrogens (tertiary/aromatic N) is 1. The van der Waals surface area contributed by atoms with Gasteiger partial charge in [0.25, 0.3) is 0 Å². The molecule has 1 aliphatic rings. The van der Waals surface area contributed by atoms with Crippen molar-refractivity contribution in [2.24, 2.45) is 0 Å². The zero-order valence-electron chi connectivity index (χ0n) is 9.46. The summed E-state index contributed by atoms with van der Waals surface area (Å²) in [6.07, 6.45) is 8.16. The summed E-state index contributed by atoms with van der Waals surface area (Å²) in [5, 5.41) is 3.67. The Labute approximate surface area is 96.1 Å². The van der Waals surface area contributed by atoms with Crippen LogP contribution in [0.3, 0.4) is 0 Å². The van der Waals surface area contributed by atoms with Crippen LogP contribution in [-0.4, -0.2) is 17.6 Å². The van der Waals surface area contributed by atoms with Gasteiger partial charge in [-0.15, -0.1) is 11.3 Å². The topological polar surface area (TPSA) is 24.9 Å². The first kappa shape index (κ1) is 11.1. The van der Waals surface area contributed by atoms with E-state index in [1.54, 1.807) is 11.3 Å². The molecule has 2 rings (SSSR count). The van der Waals surface area contributed by atoms with E-state index in [2.05, 4.69) is 17.2 Å². The molecule has 3 heteroatoms. The van der Waals surface area contributed by atoms with Gasteiger partial charge < -0.3 is 5.32 Å². The van der Waals surface area contributed by atoms with Gasteiger partial charge in [0, 0.05) is 17.5 Å². The predicted molar refractivity (Wildman–Crippen MR) is 65.4 cm³/mol. The first-order valence-electron chi connectivity index (χ1n) is 5.98. The molecule has 0 atom stereocenters. The minimum atomic E-state index is 0.784. The lowest BCUT2D eigenvalue weighted by molar-refractivity contribution is 0.376. The fourth-order valence-electron chi connectivity index (χ4n) is 2.26. The summed E-state index contributed by atoms with van der Waals surface area (Å²) in [5.74, 6) is 0. The molecule has 2 nitrogen and oxygen atoms in total. The molecule has 0 saturated heterocycles. The second-order valence-electron chi connectivity index (χ2n) is 4.40. The lowest BCUT2D eigenvalue weighted by Gasteiger charge is -2.22. The van der Waals surface area contributed by atoms with Crippen LogP contribution in [0.1, 0.15) is 42.7 Å². The fraction of sp³-hybridized carbons (Fsp3) is 0.750. The minimum absolute atomic E-state index is 0.784. The molecule has 1 fully saturated rings. The Morgan fingerprint density at radius 2 is 2.20 bits per heavy atom. The molecule has 15 heavy (non-hydrogen) atoms. The molecule has 0 aromatic carbocycles. The van der Waals surface area contributed by atoms with Crippen LogP contribution in [0.15, 0.2) is 5.51 Å². The van der Waals surface area contributed by atoms with Crippen molar-refractivity contribution in [3.05, 3.63) is 16.1 Å². The zero-order valence-corrected chi connectivity index (χ0v) is 10.3. The Balaban J connectivity index is 1.68. The molecule has 1 aromatic heterocycles. The van der Waals surface area contributed by atoms with Crippen molar-refractivity contribution in [1.29, 1.82) is 0 Å². The molecule has 1 aromatic rings. The lowest BCUT2D eigenvalue weighted by Crippen LogP contribution is -2.32. The number of hydrogen-bond donors (Lipinski definition) is 1. The largest absolute Gasteiger partial charge is 0.314 e. The van der Waals surface area contributed by atoms with Crippen LogP contribution >= 0.6 is 11.3 Å². The van der Waals surface area contributed by atoms with E-state index in [1.165, 1.54) is 42.7 Å². The smallest absolute Gasteiger partial charge is 0.0797 e. The number of thiazole rings is 1. The Hall–Kier alpha value is -0.410. The fourth-order valence-corrected chi connectivity index (χ4v) is 3.04. The Morgan fingerprint density at radius 1 is 1.40 bits per heavy atom. The van der Waals surface area contributed by atoms with Crippen LogP contribution in [0.4, 0.5) is 0 Å². The number of aryl methyl sites for hydroxylation is 1. The Morgan fingerprint density at radius 3 is 2.87 bits per heavy atom. The first-order chi connectivity index (χ1) is 7.36. The molecule has 0 spiro atoms. The van der Waals surface area contributed by atoms with E-state index < -0.39 is 0 Å². The van der Waals surface area contributed by atoms with Crippen molar-refractivity contribution >= 4 is 11.3 Å². The van der Waals surface area contributed by atoms with Crippen LogP contribution in [0, 0.1) is 6.92 Å². The number of hydrogen-bond acceptors (Lipinski definition) is 3. The summed E-state index contributed by atoms with van der Waals surface area (Å²) in [6.45, 7) is 3.22. The van der Waals surface area contributed by atoms with E-state index in [0.717, 1.165) is 19.0 Å². The molecule has 1 aliphatic carbocycles. The van der Waals surface area contributed by atoms with Gasteiger partial charge in [0.1, 0.15) is 0 Å². The molecule has 0 amide bonds. The van der Waals surface area contributed by atoms with Crippen molar-refractivity contribution in [2.45, 2.75) is 51.5 Å². The van der Waals surface area contributed by atoms with Gasteiger partial charge in [-0.05, 0) is 26.2 Å². The van der Waals surface area contributed by atoms with Crippen molar-refractivity contribution < 1.29 is 0 Å². The van der Waals surface area contributed by atoms with Gasteiger partial charge in [-0.2, -0.15) is 0 Å². The maximum Gasteiger partial charge on any atom is 0.0797 e. The second kappa shape index (κ2) is 5.61. The monoisotopic (exact) mass is 224 g/mol. The maximum absolute atomic E-state index is 4.27. The van der Waals surface area contributed by atoms with Crippen LogP contribution in [-0.2, 0) is 6.42 Å². The van der Waals surface area contributed by atoms with Gasteiger partial charge in [-0.25, -0.2) is 4.98 Å². The summed E-state index contributed by atoms with van der Waals surface area (Å²) >= 11 is 1.79. The molecule has 0 aliphatic heterocycles. The van der Waals surface area contributed by atoms with E-state index in [-0.39, 0.29) is 0 Å². The molecular formula is C12H20N2S. The van der Waals surface area contributed by atoms with Gasteiger partial charge in [-0.3, -0.25) is 0 Å². The number of rotatable bonds is 4. The van der Waals surface area contributed by atoms with Crippen molar-refractivity contribution in [2.75, 3.05) is 6.54 Å². The average Bonchev–Trinajstić information content (AvgIpc) is 2.66. The van der Waals surface area contributed by atoms with Crippen molar-refractivity contribution in [1.82, 2.24) is 10.3 Å². The third kappa shape index (κ3) is 3.28. The Bertz CT molecular complexity index is 290. The van der Waals surface area contributed by atoms with Gasteiger partial charge in [-0.1, -0.05) is 19.3 Å². The molecule has 0 bridgehead atoms. The minimum Gasteiger partial charge on any atom is -0.314 e. The van der Waals surface area contributed by atoms with Crippen molar-refractivity contribution in [3.8, 4) is 0 Å². The van der Waals surface area contributed by atoms with Gasteiger partial charge in [0.05, 0.1) is 11.2 Å². The summed E-state index contributed by atoms with van der Waals surface area (Å²) in [5.41, 5.74) is 3.16. The van der Waals surface area contributed by atoms with Gasteiger partial charge in [0.15, 0.2) is 0 Å². The molecule has 0 unspecified atom stereocenters. The third-order valence-electron chi connectivity index (χ3n) is 3.24. The molecule has 0 radical (unpaired) electrons. The summed E-state index contributed by atoms with van der Waals surface area (Å²) < 4.78 is 0. The SMILES string of the molecule is Cc1ncsc1CCNC1CCCCC1. The van der Waals surface area contributed by atoms with Crippen LogP contribution in [0.2, 0.25) is 0 Å². The summed E-state index contributed by atoms with van der Waals surface area (Å²) in [6, 6.07) is 0.784. The van der Waals surface area contributed by atoms with E-state index in [4.69, 9.17) is 0 Å². The highest BCUT2D eigenvalue weighted by Gasteiger charge is 2.12. The van der Waals surface area contributed by atoms with E-state index in [9.17, 15) is 0 Å². The molecule has 1 heterocycles. The maximum atomic E-state index is 4.27. The predicted octanol–water partition coefficient (Wildman–Crippen LogP) is 2.92. The normalized spacial score (nSPS) is 18.2. The number of aromatic nitrogens is 1. The molecule has 1 saturated carbocycles. The highest BCUT2D eigenvalue weighted by atomic mass is 32.1. The molecule has 1 N–H and O–H groups in total. The summed E-state index contributed by atoms with van der Waals surface area (Å²) in [4.78, 5) is 5.72. The lowest BCUT2D eigenvalue weighted by atomic mass is 9.95. The summed E-state index contributed by atoms with van der Waals surface area (Å²) in [7, 11) is 0. The van der Waals surface area contributed by atoms with E-state index in [1.807, 2.05) is 5.51 Å². The van der Waals surface area contributed by atoms with Crippen molar-refractivity contribution in [3.63, 3.8) is 0 Å². The van der Waals surface area contributed by atoms with Gasteiger partial charge in [0.2, 0.25) is 0 Å². The van der Waals surface area contributed by atoms with Crippen LogP contribution < -0.4 is 5.32 Å². The highest BCUT2D eigenvalue weighted by Crippen LogP contribution is 2.17. The van der Waals surface area contributed by atoms with E-state index >= 15 is 0 Å². The van der Waals surface area contributed by atoms with Gasteiger partial charge >= 0.3 is 0 Å². The Kier molecular flexibility index (Phi) is 4.15. The average molecular weight is 224 g/mol. The molecule has 84 valence electrons. The van der Waals surface area contributed by atoms with E-state index in [0.29, 0.717) is 0 Å². The van der Waals surface area contributed by atoms with Crippen LogP contribution in [0.5, 0.6) is 0 Å². The molecular weight excluding hydrogens is 204 g/mol. The zero-order chi connectivity index (χ0) is 10.5. The number of nitrogens with one attached hydrogen (secondary N) is 1. The second-order valence-corrected chi connectivity index (χ2v) is 5.34. The van der Waals surface area contributed by atoms with Crippen LogP contribution in [0.25, 0.3) is 0 Å². The highest BCUT2D eigenvalue weighted by molar-refractivity contribution is 7.09. The first-order valence-corrected chi connectivity index (χ1v) is 6.86. The standard InChI is InChI=1S/C12H20N2S/c1-10-12(15-9-14-10)7-8-13-11-5-3-2-4-6-11/h9,11,13H,2-8H2,1H3. The third-order valence-corrected chi connectivity index (χ3v) is 4.23. The quantitative estimate of drug-likeness (QED) is 0.850.